The Kier molecular flexibility index (Phi) is 6.95. The van der Waals surface area contributed by atoms with Crippen molar-refractivity contribution in [2.75, 3.05) is 11.1 Å². The van der Waals surface area contributed by atoms with Crippen molar-refractivity contribution in [1.29, 1.82) is 0 Å². The van der Waals surface area contributed by atoms with E-state index < -0.39 is 0 Å². The third-order valence-electron chi connectivity index (χ3n) is 6.17. The predicted octanol–water partition coefficient (Wildman–Crippen LogP) is 6.98. The maximum absolute atomic E-state index is 13.9. The highest BCUT2D eigenvalue weighted by molar-refractivity contribution is 7.99. The van der Waals surface area contributed by atoms with Crippen LogP contribution in [0.3, 0.4) is 0 Å². The minimum Gasteiger partial charge on any atom is -0.324 e. The molecule has 2 heterocycles. The number of aryl methyl sites for hydroxylation is 3. The van der Waals surface area contributed by atoms with Crippen molar-refractivity contribution in [3.8, 4) is 5.69 Å². The summed E-state index contributed by atoms with van der Waals surface area (Å²) < 4.78 is 1.61. The van der Waals surface area contributed by atoms with E-state index in [1.165, 1.54) is 16.6 Å². The average Bonchev–Trinajstić information content (AvgIpc) is 3.20. The smallest absolute Gasteiger partial charge is 0.267 e. The van der Waals surface area contributed by atoms with Gasteiger partial charge < -0.3 is 5.32 Å². The lowest BCUT2D eigenvalue weighted by Gasteiger charge is -2.16. The van der Waals surface area contributed by atoms with Crippen molar-refractivity contribution < 1.29 is 4.79 Å². The molecule has 180 valence electrons. The van der Waals surface area contributed by atoms with Crippen LogP contribution in [0, 0.1) is 13.8 Å². The number of thiophene rings is 1. The number of nitrogens with one attached hydrogen (secondary N) is 1. The fourth-order valence-corrected chi connectivity index (χ4v) is 6.93. The number of anilines is 1. The summed E-state index contributed by atoms with van der Waals surface area (Å²) in [7, 11) is 0. The number of aromatic nitrogens is 2. The molecule has 9 heteroatoms. The minimum atomic E-state index is -0.227. The Morgan fingerprint density at radius 1 is 1.14 bits per heavy atom. The molecular weight excluding hydrogens is 521 g/mol. The summed E-state index contributed by atoms with van der Waals surface area (Å²) in [5.41, 5.74) is 4.06. The maximum Gasteiger partial charge on any atom is 0.267 e. The topological polar surface area (TPSA) is 64.0 Å². The van der Waals surface area contributed by atoms with Crippen molar-refractivity contribution in [2.45, 2.75) is 44.7 Å². The van der Waals surface area contributed by atoms with Gasteiger partial charge in [0.2, 0.25) is 5.91 Å². The number of hydrogen-bond acceptors (Lipinski definition) is 5. The highest BCUT2D eigenvalue weighted by Gasteiger charge is 2.24. The molecule has 0 unspecified atom stereocenters. The molecule has 0 spiro atoms. The Balaban J connectivity index is 1.55. The molecule has 0 radical (unpaired) electrons. The lowest BCUT2D eigenvalue weighted by atomic mass is 9.97. The molecule has 1 N–H and O–H groups in total. The molecule has 1 aliphatic rings. The quantitative estimate of drug-likeness (QED) is 0.218. The van der Waals surface area contributed by atoms with Gasteiger partial charge >= 0.3 is 0 Å². The fourth-order valence-electron chi connectivity index (χ4n) is 4.37. The molecule has 35 heavy (non-hydrogen) atoms. The Bertz CT molecular complexity index is 1530. The molecule has 5 nitrogen and oxygen atoms in total. The molecular formula is C26H23Cl2N3O2S2. The Morgan fingerprint density at radius 2 is 1.94 bits per heavy atom. The number of amides is 1. The third kappa shape index (κ3) is 4.75. The molecule has 0 bridgehead atoms. The first kappa shape index (κ1) is 24.4. The van der Waals surface area contributed by atoms with Gasteiger partial charge in [0.15, 0.2) is 5.16 Å². The second-order valence-electron chi connectivity index (χ2n) is 8.63. The Hall–Kier alpha value is -2.32. The van der Waals surface area contributed by atoms with Gasteiger partial charge in [0, 0.05) is 9.90 Å². The number of carbonyl (C=O) groups is 1. The lowest BCUT2D eigenvalue weighted by molar-refractivity contribution is -0.113. The van der Waals surface area contributed by atoms with E-state index in [1.54, 1.807) is 34.1 Å². The number of benzene rings is 2. The van der Waals surface area contributed by atoms with Crippen LogP contribution in [-0.2, 0) is 17.6 Å². The number of fused-ring (bicyclic) bond motifs is 3. The van der Waals surface area contributed by atoms with Crippen LogP contribution in [0.4, 0.5) is 5.69 Å². The van der Waals surface area contributed by atoms with Crippen molar-refractivity contribution in [2.24, 2.45) is 0 Å². The summed E-state index contributed by atoms with van der Waals surface area (Å²) in [6, 6.07) is 11.0. The first-order chi connectivity index (χ1) is 16.8. The number of thioether (sulfide) groups is 1. The van der Waals surface area contributed by atoms with Gasteiger partial charge in [-0.25, -0.2) is 4.98 Å². The molecule has 2 aromatic heterocycles. The first-order valence-corrected chi connectivity index (χ1v) is 13.9. The van der Waals surface area contributed by atoms with Gasteiger partial charge in [-0.2, -0.15) is 0 Å². The normalized spacial score (nSPS) is 13.1. The van der Waals surface area contributed by atoms with Crippen molar-refractivity contribution in [1.82, 2.24) is 9.55 Å². The zero-order valence-corrected chi connectivity index (χ0v) is 22.4. The standard InChI is InChI=1S/C26H23Cl2N3O2S2/c1-14-10-11-19(18(28)12-14)29-22(32)13-34-26-30-24-23(16-6-3-4-9-21(16)35-24)25(33)31(26)20-8-5-7-17(27)15(20)2/h5,7-8,10-12H,3-4,6,9,13H2,1-2H3,(H,29,32). The summed E-state index contributed by atoms with van der Waals surface area (Å²) >= 11 is 15.5. The van der Waals surface area contributed by atoms with E-state index in [0.29, 0.717) is 32.0 Å². The van der Waals surface area contributed by atoms with E-state index in [1.807, 2.05) is 32.0 Å². The molecule has 5 rings (SSSR count). The third-order valence-corrected chi connectivity index (χ3v) is 9.02. The molecule has 0 fully saturated rings. The van der Waals surface area contributed by atoms with Gasteiger partial charge in [0.25, 0.3) is 5.56 Å². The monoisotopic (exact) mass is 543 g/mol. The van der Waals surface area contributed by atoms with Gasteiger partial charge in [-0.05, 0) is 80.5 Å². The van der Waals surface area contributed by atoms with E-state index >= 15 is 0 Å². The Labute approximate surface area is 221 Å². The molecule has 2 aromatic carbocycles. The van der Waals surface area contributed by atoms with Crippen molar-refractivity contribution >= 4 is 68.1 Å². The molecule has 0 saturated heterocycles. The molecule has 1 aliphatic carbocycles. The number of carbonyl (C=O) groups excluding carboxylic acids is 1. The summed E-state index contributed by atoms with van der Waals surface area (Å²) in [5, 5.41) is 5.08. The van der Waals surface area contributed by atoms with Crippen LogP contribution in [0.5, 0.6) is 0 Å². The van der Waals surface area contributed by atoms with Crippen LogP contribution in [0.25, 0.3) is 15.9 Å². The zero-order valence-electron chi connectivity index (χ0n) is 19.3. The van der Waals surface area contributed by atoms with Crippen LogP contribution in [0.1, 0.15) is 34.4 Å². The van der Waals surface area contributed by atoms with E-state index in [4.69, 9.17) is 28.2 Å². The SMILES string of the molecule is Cc1ccc(NC(=O)CSc2nc3sc4c(c3c(=O)n2-c2cccc(Cl)c2C)CCCC4)c(Cl)c1. The molecule has 0 aliphatic heterocycles. The molecule has 0 saturated carbocycles. The highest BCUT2D eigenvalue weighted by atomic mass is 35.5. The molecule has 0 atom stereocenters. The maximum atomic E-state index is 13.9. The van der Waals surface area contributed by atoms with Crippen LogP contribution < -0.4 is 10.9 Å². The van der Waals surface area contributed by atoms with E-state index in [9.17, 15) is 9.59 Å². The van der Waals surface area contributed by atoms with Crippen LogP contribution in [-0.4, -0.2) is 21.2 Å². The summed E-state index contributed by atoms with van der Waals surface area (Å²) in [6.07, 6.45) is 4.08. The zero-order chi connectivity index (χ0) is 24.7. The summed E-state index contributed by atoms with van der Waals surface area (Å²) in [5.74, 6) is -0.151. The average molecular weight is 545 g/mol. The van der Waals surface area contributed by atoms with Crippen molar-refractivity contribution in [3.05, 3.63) is 78.4 Å². The lowest BCUT2D eigenvalue weighted by Crippen LogP contribution is -2.24. The van der Waals surface area contributed by atoms with E-state index in [-0.39, 0.29) is 17.2 Å². The van der Waals surface area contributed by atoms with Crippen LogP contribution in [0.2, 0.25) is 10.0 Å². The summed E-state index contributed by atoms with van der Waals surface area (Å²) in [6.45, 7) is 3.83. The second-order valence-corrected chi connectivity index (χ2v) is 11.5. The molecule has 4 aromatic rings. The molecule has 1 amide bonds. The fraction of sp³-hybridized carbons (Fsp3) is 0.269. The number of halogens is 2. The van der Waals surface area contributed by atoms with E-state index in [0.717, 1.165) is 47.2 Å². The largest absolute Gasteiger partial charge is 0.324 e. The summed E-state index contributed by atoms with van der Waals surface area (Å²) in [4.78, 5) is 33.6. The predicted molar refractivity (Wildman–Crippen MR) is 147 cm³/mol. The minimum absolute atomic E-state index is 0.0762. The highest BCUT2D eigenvalue weighted by Crippen LogP contribution is 2.36. The van der Waals surface area contributed by atoms with Gasteiger partial charge in [0.05, 0.1) is 27.5 Å². The number of rotatable bonds is 5. The van der Waals surface area contributed by atoms with Gasteiger partial charge in [0.1, 0.15) is 4.83 Å². The second kappa shape index (κ2) is 9.97. The van der Waals surface area contributed by atoms with Gasteiger partial charge in [-0.15, -0.1) is 11.3 Å². The first-order valence-electron chi connectivity index (χ1n) is 11.3. The van der Waals surface area contributed by atoms with Gasteiger partial charge in [-0.3, -0.25) is 14.2 Å². The van der Waals surface area contributed by atoms with E-state index in [2.05, 4.69) is 5.32 Å². The van der Waals surface area contributed by atoms with Crippen LogP contribution in [0.15, 0.2) is 46.3 Å². The number of nitrogens with zero attached hydrogens (tertiary/aromatic N) is 2. The number of hydrogen-bond donors (Lipinski definition) is 1. The van der Waals surface area contributed by atoms with Crippen molar-refractivity contribution in [3.63, 3.8) is 0 Å². The Morgan fingerprint density at radius 3 is 2.74 bits per heavy atom. The van der Waals surface area contributed by atoms with Crippen LogP contribution >= 0.6 is 46.3 Å². The van der Waals surface area contributed by atoms with Gasteiger partial charge in [-0.1, -0.05) is 47.1 Å².